The zero-order chi connectivity index (χ0) is 17.6. The Labute approximate surface area is 148 Å². The molecule has 132 valence electrons. The number of rotatable bonds is 4. The summed E-state index contributed by atoms with van der Waals surface area (Å²) in [6.45, 7) is 2.42. The highest BCUT2D eigenvalue weighted by Crippen LogP contribution is 2.29. The van der Waals surface area contributed by atoms with E-state index in [9.17, 15) is 9.18 Å². The monoisotopic (exact) mass is 341 g/mol. The molecule has 1 saturated carbocycles. The topological polar surface area (TPSA) is 29.5 Å². The summed E-state index contributed by atoms with van der Waals surface area (Å²) in [4.78, 5) is 14.3. The molecule has 25 heavy (non-hydrogen) atoms. The molecular weight excluding hydrogens is 317 g/mol. The predicted molar refractivity (Wildman–Crippen MR) is 97.6 cm³/mol. The summed E-state index contributed by atoms with van der Waals surface area (Å²) in [7, 11) is 0. The molecule has 1 aliphatic rings. The van der Waals surface area contributed by atoms with Crippen molar-refractivity contribution < 1.29 is 13.9 Å². The molecule has 1 amide bonds. The summed E-state index contributed by atoms with van der Waals surface area (Å²) in [6.07, 6.45) is 5.52. The van der Waals surface area contributed by atoms with Gasteiger partial charge in [-0.2, -0.15) is 0 Å². The second-order valence-electron chi connectivity index (χ2n) is 6.73. The Morgan fingerprint density at radius 1 is 1.08 bits per heavy atom. The van der Waals surface area contributed by atoms with Gasteiger partial charge in [-0.1, -0.05) is 31.4 Å². The molecule has 0 heterocycles. The number of halogens is 1. The van der Waals surface area contributed by atoms with E-state index in [1.54, 1.807) is 12.1 Å². The number of carbonyl (C=O) groups excluding carboxylic acids is 1. The molecule has 2 aromatic rings. The van der Waals surface area contributed by atoms with Crippen molar-refractivity contribution >= 4 is 17.5 Å². The van der Waals surface area contributed by atoms with Crippen LogP contribution < -0.4 is 4.90 Å². The van der Waals surface area contributed by atoms with Gasteiger partial charge < -0.3 is 4.74 Å². The Balaban J connectivity index is 1.80. The van der Waals surface area contributed by atoms with Crippen molar-refractivity contribution in [3.05, 3.63) is 59.9 Å². The largest absolute Gasteiger partial charge is 0.449 e. The van der Waals surface area contributed by atoms with E-state index in [1.807, 2.05) is 31.2 Å². The molecule has 1 fully saturated rings. The summed E-state index contributed by atoms with van der Waals surface area (Å²) in [5, 5.41) is 0. The molecule has 3 rings (SSSR count). The van der Waals surface area contributed by atoms with Crippen molar-refractivity contribution in [1.29, 1.82) is 0 Å². The fraction of sp³-hybridized carbons (Fsp3) is 0.381. The minimum atomic E-state index is -0.414. The van der Waals surface area contributed by atoms with Gasteiger partial charge in [0.2, 0.25) is 0 Å². The quantitative estimate of drug-likeness (QED) is 0.683. The first-order valence-corrected chi connectivity index (χ1v) is 8.92. The van der Waals surface area contributed by atoms with Crippen molar-refractivity contribution in [1.82, 2.24) is 0 Å². The minimum Gasteiger partial charge on any atom is -0.449 e. The first-order valence-electron chi connectivity index (χ1n) is 8.92. The zero-order valence-corrected chi connectivity index (χ0v) is 14.6. The molecule has 3 nitrogen and oxygen atoms in total. The van der Waals surface area contributed by atoms with Crippen molar-refractivity contribution in [2.45, 2.75) is 39.0 Å². The summed E-state index contributed by atoms with van der Waals surface area (Å²) < 4.78 is 18.9. The second-order valence-corrected chi connectivity index (χ2v) is 6.73. The van der Waals surface area contributed by atoms with Gasteiger partial charge in [-0.3, -0.25) is 0 Å². The Bertz CT molecular complexity index is 708. The second kappa shape index (κ2) is 8.15. The molecule has 0 aliphatic heterocycles. The maximum absolute atomic E-state index is 13.3. The van der Waals surface area contributed by atoms with E-state index in [1.165, 1.54) is 36.3 Å². The van der Waals surface area contributed by atoms with Gasteiger partial charge in [0.05, 0.1) is 18.0 Å². The van der Waals surface area contributed by atoms with Crippen LogP contribution in [0.1, 0.15) is 37.7 Å². The van der Waals surface area contributed by atoms with Gasteiger partial charge in [0, 0.05) is 0 Å². The fourth-order valence-electron chi connectivity index (χ4n) is 3.32. The van der Waals surface area contributed by atoms with Gasteiger partial charge >= 0.3 is 6.09 Å². The Hall–Kier alpha value is -2.36. The lowest BCUT2D eigenvalue weighted by molar-refractivity contribution is 0.124. The van der Waals surface area contributed by atoms with Crippen LogP contribution >= 0.6 is 0 Å². The van der Waals surface area contributed by atoms with E-state index in [4.69, 9.17) is 4.74 Å². The molecule has 0 unspecified atom stereocenters. The van der Waals surface area contributed by atoms with Crippen LogP contribution in [0.25, 0.3) is 0 Å². The summed E-state index contributed by atoms with van der Waals surface area (Å²) in [6, 6.07) is 13.6. The predicted octanol–water partition coefficient (Wildman–Crippen LogP) is 5.99. The van der Waals surface area contributed by atoms with Gasteiger partial charge in [-0.15, -0.1) is 0 Å². The smallest absolute Gasteiger partial charge is 0.418 e. The van der Waals surface area contributed by atoms with Crippen molar-refractivity contribution in [3.63, 3.8) is 0 Å². The minimum absolute atomic E-state index is 0.330. The molecule has 0 aromatic heterocycles. The van der Waals surface area contributed by atoms with E-state index in [2.05, 4.69) is 0 Å². The molecular formula is C21H24FNO2. The molecule has 4 heteroatoms. The van der Waals surface area contributed by atoms with Gasteiger partial charge in [-0.25, -0.2) is 14.1 Å². The third-order valence-electron chi connectivity index (χ3n) is 4.69. The van der Waals surface area contributed by atoms with E-state index < -0.39 is 6.09 Å². The van der Waals surface area contributed by atoms with Crippen LogP contribution in [0.3, 0.4) is 0 Å². The number of ether oxygens (including phenoxy) is 1. The first-order chi connectivity index (χ1) is 12.1. The highest BCUT2D eigenvalue weighted by Gasteiger charge is 2.22. The lowest BCUT2D eigenvalue weighted by Gasteiger charge is -2.25. The lowest BCUT2D eigenvalue weighted by atomic mass is 9.90. The standard InChI is InChI=1S/C21H24FNO2/c1-16-6-5-9-20(14-16)23(19-12-10-18(22)11-13-19)21(24)25-15-17-7-3-2-4-8-17/h5-6,9-14,17H,2-4,7-8,15H2,1H3. The van der Waals surface area contributed by atoms with Crippen LogP contribution in [0.5, 0.6) is 0 Å². The van der Waals surface area contributed by atoms with E-state index >= 15 is 0 Å². The highest BCUT2D eigenvalue weighted by molar-refractivity contribution is 5.96. The number of nitrogens with zero attached hydrogens (tertiary/aromatic N) is 1. The normalized spacial score (nSPS) is 15.0. The fourth-order valence-corrected chi connectivity index (χ4v) is 3.32. The molecule has 0 N–H and O–H groups in total. The molecule has 2 aromatic carbocycles. The molecule has 0 bridgehead atoms. The summed E-state index contributed by atoms with van der Waals surface area (Å²) >= 11 is 0. The number of aryl methyl sites for hydroxylation is 1. The van der Waals surface area contributed by atoms with Gasteiger partial charge in [0.15, 0.2) is 0 Å². The number of benzene rings is 2. The summed E-state index contributed by atoms with van der Waals surface area (Å²) in [5.41, 5.74) is 2.37. The van der Waals surface area contributed by atoms with Crippen LogP contribution in [0, 0.1) is 18.7 Å². The van der Waals surface area contributed by atoms with Crippen molar-refractivity contribution in [2.24, 2.45) is 5.92 Å². The third kappa shape index (κ3) is 4.59. The third-order valence-corrected chi connectivity index (χ3v) is 4.69. The van der Waals surface area contributed by atoms with Crippen LogP contribution in [0.2, 0.25) is 0 Å². The maximum Gasteiger partial charge on any atom is 0.418 e. The van der Waals surface area contributed by atoms with Crippen LogP contribution in [-0.4, -0.2) is 12.7 Å². The Kier molecular flexibility index (Phi) is 5.69. The summed E-state index contributed by atoms with van der Waals surface area (Å²) in [5.74, 6) is 0.119. The van der Waals surface area contributed by atoms with Crippen LogP contribution in [0.15, 0.2) is 48.5 Å². The average molecular weight is 341 g/mol. The zero-order valence-electron chi connectivity index (χ0n) is 14.6. The number of amides is 1. The van der Waals surface area contributed by atoms with E-state index in [0.717, 1.165) is 24.1 Å². The lowest BCUT2D eigenvalue weighted by Crippen LogP contribution is -2.29. The maximum atomic E-state index is 13.3. The Morgan fingerprint density at radius 2 is 1.80 bits per heavy atom. The van der Waals surface area contributed by atoms with Gasteiger partial charge in [0.1, 0.15) is 5.82 Å². The highest BCUT2D eigenvalue weighted by atomic mass is 19.1. The average Bonchev–Trinajstić information content (AvgIpc) is 2.63. The van der Waals surface area contributed by atoms with Crippen molar-refractivity contribution in [2.75, 3.05) is 11.5 Å². The molecule has 0 saturated heterocycles. The SMILES string of the molecule is Cc1cccc(N(C(=O)OCC2CCCCC2)c2ccc(F)cc2)c1. The first kappa shape index (κ1) is 17.5. The van der Waals surface area contributed by atoms with E-state index in [0.29, 0.717) is 18.2 Å². The number of anilines is 2. The molecule has 1 aliphatic carbocycles. The molecule has 0 radical (unpaired) electrons. The number of hydrogen-bond donors (Lipinski definition) is 0. The van der Waals surface area contributed by atoms with Crippen LogP contribution in [0.4, 0.5) is 20.6 Å². The molecule has 0 spiro atoms. The number of hydrogen-bond acceptors (Lipinski definition) is 2. The van der Waals surface area contributed by atoms with E-state index in [-0.39, 0.29) is 5.82 Å². The Morgan fingerprint density at radius 3 is 2.48 bits per heavy atom. The van der Waals surface area contributed by atoms with Gasteiger partial charge in [-0.05, 0) is 67.6 Å². The van der Waals surface area contributed by atoms with Crippen molar-refractivity contribution in [3.8, 4) is 0 Å². The van der Waals surface area contributed by atoms with Gasteiger partial charge in [0.25, 0.3) is 0 Å². The molecule has 0 atom stereocenters. The number of carbonyl (C=O) groups is 1. The van der Waals surface area contributed by atoms with Crippen LogP contribution in [-0.2, 0) is 4.74 Å².